The molecule has 0 spiro atoms. The molecule has 0 bridgehead atoms. The predicted octanol–water partition coefficient (Wildman–Crippen LogP) is 3.35. The van der Waals surface area contributed by atoms with Gasteiger partial charge >= 0.3 is 0 Å². The molecule has 25 heavy (non-hydrogen) atoms. The number of hydrogen-bond donors (Lipinski definition) is 2. The first kappa shape index (κ1) is 15.6. The highest BCUT2D eigenvalue weighted by atomic mass is 16.5. The average Bonchev–Trinajstić information content (AvgIpc) is 3.14. The summed E-state index contributed by atoms with van der Waals surface area (Å²) in [5.41, 5.74) is 1.86. The molecule has 0 amide bonds. The third kappa shape index (κ3) is 2.95. The topological polar surface area (TPSA) is 79.9 Å². The number of aromatic nitrogens is 3. The molecule has 1 aliphatic carbocycles. The van der Waals surface area contributed by atoms with Gasteiger partial charge in [-0.2, -0.15) is 4.98 Å². The zero-order chi connectivity index (χ0) is 17.2. The number of hydrogen-bond acceptors (Lipinski definition) is 5. The molecule has 2 aromatic heterocycles. The highest BCUT2D eigenvalue weighted by molar-refractivity contribution is 5.93. The molecule has 1 aromatic carbocycles. The Morgan fingerprint density at radius 2 is 1.96 bits per heavy atom. The van der Waals surface area contributed by atoms with Gasteiger partial charge in [-0.15, -0.1) is 0 Å². The maximum Gasteiger partial charge on any atom is 0.262 e. The lowest BCUT2D eigenvalue weighted by Gasteiger charge is -2.13. The Bertz CT molecular complexity index is 961. The molecule has 1 fully saturated rings. The fraction of sp³-hybridized carbons (Fsp3) is 0.316. The van der Waals surface area contributed by atoms with Crippen molar-refractivity contribution in [2.24, 2.45) is 0 Å². The Morgan fingerprint density at radius 1 is 1.16 bits per heavy atom. The molecule has 2 heterocycles. The van der Waals surface area contributed by atoms with E-state index in [1.807, 2.05) is 30.3 Å². The molecule has 6 nitrogen and oxygen atoms in total. The van der Waals surface area contributed by atoms with Crippen LogP contribution >= 0.6 is 0 Å². The first-order valence-electron chi connectivity index (χ1n) is 8.55. The van der Waals surface area contributed by atoms with Crippen molar-refractivity contribution in [3.8, 4) is 16.9 Å². The van der Waals surface area contributed by atoms with E-state index in [9.17, 15) is 4.79 Å². The maximum absolute atomic E-state index is 12.8. The molecule has 0 unspecified atom stereocenters. The van der Waals surface area contributed by atoms with E-state index >= 15 is 0 Å². The van der Waals surface area contributed by atoms with Crippen LogP contribution < -0.4 is 15.6 Å². The Balaban J connectivity index is 1.83. The van der Waals surface area contributed by atoms with Gasteiger partial charge in [0.15, 0.2) is 5.65 Å². The first-order chi connectivity index (χ1) is 12.3. The summed E-state index contributed by atoms with van der Waals surface area (Å²) in [5, 5.41) is 3.80. The van der Waals surface area contributed by atoms with E-state index in [2.05, 4.69) is 20.3 Å². The molecule has 0 aliphatic heterocycles. The summed E-state index contributed by atoms with van der Waals surface area (Å²) in [6, 6.07) is 9.82. The molecule has 3 aromatic rings. The number of para-hydroxylation sites is 1. The van der Waals surface area contributed by atoms with Crippen LogP contribution in [0.25, 0.3) is 22.2 Å². The van der Waals surface area contributed by atoms with Gasteiger partial charge in [0, 0.05) is 23.4 Å². The number of benzene rings is 1. The number of H-pyrrole nitrogens is 1. The van der Waals surface area contributed by atoms with Crippen LogP contribution in [0.2, 0.25) is 0 Å². The number of nitrogens with zero attached hydrogens (tertiary/aromatic N) is 2. The van der Waals surface area contributed by atoms with Crippen molar-refractivity contribution in [1.29, 1.82) is 0 Å². The summed E-state index contributed by atoms with van der Waals surface area (Å²) < 4.78 is 5.44. The minimum atomic E-state index is -0.195. The molecule has 1 aliphatic rings. The quantitative estimate of drug-likeness (QED) is 0.764. The van der Waals surface area contributed by atoms with E-state index < -0.39 is 0 Å². The standard InChI is InChI=1S/C19H20N4O2/c1-25-15-9-5-4-8-13(15)14-10-11-20-17-16(14)18(24)23-19(22-17)21-12-6-2-3-7-12/h4-5,8-12H,2-3,6-7H2,1H3,(H2,20,21,22,23,24). The van der Waals surface area contributed by atoms with Crippen LogP contribution in [-0.4, -0.2) is 28.1 Å². The number of fused-ring (bicyclic) bond motifs is 1. The molecule has 128 valence electrons. The van der Waals surface area contributed by atoms with Gasteiger partial charge in [-0.1, -0.05) is 31.0 Å². The molecule has 0 atom stereocenters. The van der Waals surface area contributed by atoms with Crippen molar-refractivity contribution in [3.63, 3.8) is 0 Å². The van der Waals surface area contributed by atoms with Crippen LogP contribution in [0.3, 0.4) is 0 Å². The van der Waals surface area contributed by atoms with E-state index in [4.69, 9.17) is 4.74 Å². The molecule has 6 heteroatoms. The van der Waals surface area contributed by atoms with Gasteiger partial charge in [-0.25, -0.2) is 4.98 Å². The van der Waals surface area contributed by atoms with Gasteiger partial charge in [0.2, 0.25) is 5.95 Å². The molecule has 2 N–H and O–H groups in total. The number of anilines is 1. The second kappa shape index (κ2) is 6.55. The third-order valence-electron chi connectivity index (χ3n) is 4.70. The average molecular weight is 336 g/mol. The normalized spacial score (nSPS) is 14.8. The van der Waals surface area contributed by atoms with E-state index in [1.165, 1.54) is 12.8 Å². The van der Waals surface area contributed by atoms with Crippen LogP contribution in [-0.2, 0) is 0 Å². The smallest absolute Gasteiger partial charge is 0.262 e. The van der Waals surface area contributed by atoms with Gasteiger partial charge in [0.05, 0.1) is 12.5 Å². The summed E-state index contributed by atoms with van der Waals surface area (Å²) in [7, 11) is 1.62. The Kier molecular flexibility index (Phi) is 4.09. The summed E-state index contributed by atoms with van der Waals surface area (Å²) >= 11 is 0. The highest BCUT2D eigenvalue weighted by Crippen LogP contribution is 2.32. The Morgan fingerprint density at radius 3 is 2.76 bits per heavy atom. The number of nitrogens with one attached hydrogen (secondary N) is 2. The summed E-state index contributed by atoms with van der Waals surface area (Å²) in [4.78, 5) is 24.4. The SMILES string of the molecule is COc1ccccc1-c1ccnc2nc(NC3CCCC3)[nH]c(=O)c12. The zero-order valence-corrected chi connectivity index (χ0v) is 14.1. The van der Waals surface area contributed by atoms with Crippen LogP contribution in [0, 0.1) is 0 Å². The third-order valence-corrected chi connectivity index (χ3v) is 4.70. The van der Waals surface area contributed by atoms with Gasteiger partial charge in [0.25, 0.3) is 5.56 Å². The predicted molar refractivity (Wildman–Crippen MR) is 98.0 cm³/mol. The van der Waals surface area contributed by atoms with E-state index in [-0.39, 0.29) is 5.56 Å². The van der Waals surface area contributed by atoms with Gasteiger partial charge < -0.3 is 10.1 Å². The summed E-state index contributed by atoms with van der Waals surface area (Å²) in [6.07, 6.45) is 6.32. The maximum atomic E-state index is 12.8. The van der Waals surface area contributed by atoms with Crippen LogP contribution in [0.1, 0.15) is 25.7 Å². The van der Waals surface area contributed by atoms with E-state index in [0.717, 1.165) is 24.0 Å². The lowest BCUT2D eigenvalue weighted by molar-refractivity contribution is 0.416. The minimum Gasteiger partial charge on any atom is -0.496 e. The first-order valence-corrected chi connectivity index (χ1v) is 8.55. The fourth-order valence-corrected chi connectivity index (χ4v) is 3.49. The van der Waals surface area contributed by atoms with Crippen molar-refractivity contribution >= 4 is 17.0 Å². The molecule has 0 radical (unpaired) electrons. The Labute approximate surface area is 145 Å². The van der Waals surface area contributed by atoms with Crippen LogP contribution in [0.5, 0.6) is 5.75 Å². The van der Waals surface area contributed by atoms with Crippen molar-refractivity contribution in [2.75, 3.05) is 12.4 Å². The van der Waals surface area contributed by atoms with E-state index in [0.29, 0.717) is 28.8 Å². The largest absolute Gasteiger partial charge is 0.496 e. The second-order valence-electron chi connectivity index (χ2n) is 6.30. The monoisotopic (exact) mass is 336 g/mol. The number of ether oxygens (including phenoxy) is 1. The van der Waals surface area contributed by atoms with E-state index in [1.54, 1.807) is 13.3 Å². The number of methoxy groups -OCH3 is 1. The highest BCUT2D eigenvalue weighted by Gasteiger charge is 2.18. The fourth-order valence-electron chi connectivity index (χ4n) is 3.49. The zero-order valence-electron chi connectivity index (χ0n) is 14.1. The molecule has 4 rings (SSSR count). The Hall–Kier alpha value is -2.89. The van der Waals surface area contributed by atoms with Crippen molar-refractivity contribution in [3.05, 3.63) is 46.9 Å². The second-order valence-corrected chi connectivity index (χ2v) is 6.30. The van der Waals surface area contributed by atoms with Gasteiger partial charge in [-0.05, 0) is 25.0 Å². The number of pyridine rings is 1. The molecular formula is C19H20N4O2. The molecule has 1 saturated carbocycles. The van der Waals surface area contributed by atoms with Crippen molar-refractivity contribution in [2.45, 2.75) is 31.7 Å². The lowest BCUT2D eigenvalue weighted by Crippen LogP contribution is -2.20. The summed E-state index contributed by atoms with van der Waals surface area (Å²) in [6.45, 7) is 0. The minimum absolute atomic E-state index is 0.195. The van der Waals surface area contributed by atoms with Crippen molar-refractivity contribution < 1.29 is 4.74 Å². The van der Waals surface area contributed by atoms with Gasteiger partial charge in [-0.3, -0.25) is 9.78 Å². The summed E-state index contributed by atoms with van der Waals surface area (Å²) in [5.74, 6) is 1.21. The molecular weight excluding hydrogens is 316 g/mol. The van der Waals surface area contributed by atoms with Crippen LogP contribution in [0.15, 0.2) is 41.3 Å². The van der Waals surface area contributed by atoms with Crippen LogP contribution in [0.4, 0.5) is 5.95 Å². The molecule has 0 saturated heterocycles. The lowest BCUT2D eigenvalue weighted by atomic mass is 10.0. The van der Waals surface area contributed by atoms with Gasteiger partial charge in [0.1, 0.15) is 5.75 Å². The van der Waals surface area contributed by atoms with Crippen molar-refractivity contribution in [1.82, 2.24) is 15.0 Å². The number of aromatic amines is 1. The number of rotatable bonds is 4.